The fourth-order valence-corrected chi connectivity index (χ4v) is 5.16. The summed E-state index contributed by atoms with van der Waals surface area (Å²) in [6, 6.07) is 18.1. The Morgan fingerprint density at radius 2 is 1.84 bits per heavy atom. The van der Waals surface area contributed by atoms with Gasteiger partial charge in [0.15, 0.2) is 0 Å². The zero-order chi connectivity index (χ0) is 21.2. The van der Waals surface area contributed by atoms with E-state index in [2.05, 4.69) is 34.1 Å². The maximum absolute atomic E-state index is 13.7. The second-order valence-electron chi connectivity index (χ2n) is 7.94. The topological polar surface area (TPSA) is 42.2 Å². The van der Waals surface area contributed by atoms with E-state index in [0.29, 0.717) is 16.6 Å². The molecule has 5 rings (SSSR count). The molecule has 1 saturated heterocycles. The van der Waals surface area contributed by atoms with Crippen LogP contribution in [-0.2, 0) is 13.2 Å². The molecule has 0 radical (unpaired) electrons. The maximum Gasteiger partial charge on any atom is 0.268 e. The maximum atomic E-state index is 13.7. The van der Waals surface area contributed by atoms with Crippen LogP contribution in [0.25, 0.3) is 33.3 Å². The quantitative estimate of drug-likeness (QED) is 0.348. The van der Waals surface area contributed by atoms with Crippen LogP contribution >= 0.6 is 11.3 Å². The molecule has 31 heavy (non-hydrogen) atoms. The lowest BCUT2D eigenvalue weighted by molar-refractivity contribution is 0.331. The molecule has 0 bridgehead atoms. The van der Waals surface area contributed by atoms with Gasteiger partial charge in [-0.1, -0.05) is 53.7 Å². The van der Waals surface area contributed by atoms with Crippen molar-refractivity contribution < 1.29 is 8.91 Å². The number of thiophene rings is 1. The summed E-state index contributed by atoms with van der Waals surface area (Å²) >= 11 is 1.37. The van der Waals surface area contributed by atoms with E-state index in [1.807, 2.05) is 42.5 Å². The van der Waals surface area contributed by atoms with Gasteiger partial charge in [-0.25, -0.2) is 4.39 Å². The summed E-state index contributed by atoms with van der Waals surface area (Å²) in [5.41, 5.74) is 5.34. The molecule has 3 heterocycles. The van der Waals surface area contributed by atoms with Crippen molar-refractivity contribution in [3.05, 3.63) is 70.6 Å². The van der Waals surface area contributed by atoms with E-state index in [0.717, 1.165) is 41.2 Å². The Kier molecular flexibility index (Phi) is 5.66. The Bertz CT molecular complexity index is 1180. The molecule has 0 N–H and O–H groups in total. The zero-order valence-electron chi connectivity index (χ0n) is 17.5. The van der Waals surface area contributed by atoms with Gasteiger partial charge in [-0.15, -0.1) is 11.3 Å². The fourth-order valence-electron chi connectivity index (χ4n) is 4.21. The lowest BCUT2D eigenvalue weighted by Crippen LogP contribution is -2.19. The van der Waals surface area contributed by atoms with Gasteiger partial charge in [0, 0.05) is 17.0 Å². The van der Waals surface area contributed by atoms with Crippen molar-refractivity contribution in [2.75, 3.05) is 13.1 Å². The SMILES string of the molecule is Cc1c(CN2CCCC2)cccc1-c1noc(-c2cc(-c3ccccc3)c(CF)s2)n1. The van der Waals surface area contributed by atoms with Gasteiger partial charge in [0.05, 0.1) is 4.88 Å². The van der Waals surface area contributed by atoms with Gasteiger partial charge >= 0.3 is 0 Å². The number of hydrogen-bond acceptors (Lipinski definition) is 5. The molecule has 6 heteroatoms. The minimum atomic E-state index is -0.520. The summed E-state index contributed by atoms with van der Waals surface area (Å²) in [4.78, 5) is 8.61. The average Bonchev–Trinajstić information content (AvgIpc) is 3.56. The van der Waals surface area contributed by atoms with E-state index in [-0.39, 0.29) is 0 Å². The predicted octanol–water partition coefficient (Wildman–Crippen LogP) is 6.51. The van der Waals surface area contributed by atoms with Crippen molar-refractivity contribution in [1.82, 2.24) is 15.0 Å². The number of benzene rings is 2. The molecule has 0 atom stereocenters. The van der Waals surface area contributed by atoms with Gasteiger partial charge in [-0.3, -0.25) is 4.90 Å². The number of rotatable bonds is 6. The zero-order valence-corrected chi connectivity index (χ0v) is 18.3. The van der Waals surface area contributed by atoms with E-state index in [1.54, 1.807) is 0 Å². The highest BCUT2D eigenvalue weighted by molar-refractivity contribution is 7.15. The lowest BCUT2D eigenvalue weighted by Gasteiger charge is -2.17. The van der Waals surface area contributed by atoms with E-state index in [1.165, 1.54) is 35.3 Å². The molecule has 1 aliphatic heterocycles. The van der Waals surface area contributed by atoms with Crippen LogP contribution in [0, 0.1) is 6.92 Å². The summed E-state index contributed by atoms with van der Waals surface area (Å²) < 4.78 is 19.3. The predicted molar refractivity (Wildman–Crippen MR) is 123 cm³/mol. The first kappa shape index (κ1) is 20.1. The van der Waals surface area contributed by atoms with Crippen LogP contribution in [0.1, 0.15) is 28.8 Å². The first-order valence-corrected chi connectivity index (χ1v) is 11.4. The number of likely N-dealkylation sites (tertiary alicyclic amines) is 1. The Labute approximate surface area is 185 Å². The molecule has 0 amide bonds. The number of halogens is 1. The number of aromatic nitrogens is 2. The highest BCUT2D eigenvalue weighted by atomic mass is 32.1. The second-order valence-corrected chi connectivity index (χ2v) is 9.08. The first-order chi connectivity index (χ1) is 15.2. The Morgan fingerprint density at radius 1 is 1.03 bits per heavy atom. The lowest BCUT2D eigenvalue weighted by atomic mass is 10.0. The van der Waals surface area contributed by atoms with Gasteiger partial charge in [-0.05, 0) is 61.2 Å². The van der Waals surface area contributed by atoms with Crippen molar-refractivity contribution in [3.63, 3.8) is 0 Å². The third-order valence-electron chi connectivity index (χ3n) is 5.93. The Morgan fingerprint density at radius 3 is 2.61 bits per heavy atom. The fraction of sp³-hybridized carbons (Fsp3) is 0.280. The largest absolute Gasteiger partial charge is 0.333 e. The molecule has 1 aliphatic rings. The third kappa shape index (κ3) is 4.05. The Balaban J connectivity index is 1.45. The summed E-state index contributed by atoms with van der Waals surface area (Å²) in [5.74, 6) is 1.01. The molecular weight excluding hydrogens is 409 g/mol. The van der Waals surface area contributed by atoms with Gasteiger partial charge < -0.3 is 4.52 Å². The van der Waals surface area contributed by atoms with Crippen LogP contribution in [0.15, 0.2) is 59.1 Å². The monoisotopic (exact) mass is 433 g/mol. The summed E-state index contributed by atoms with van der Waals surface area (Å²) in [6.07, 6.45) is 2.55. The molecule has 4 aromatic rings. The number of nitrogens with zero attached hydrogens (tertiary/aromatic N) is 3. The van der Waals surface area contributed by atoms with Crippen LogP contribution in [0.4, 0.5) is 4.39 Å². The minimum Gasteiger partial charge on any atom is -0.333 e. The Hall–Kier alpha value is -2.83. The van der Waals surface area contributed by atoms with E-state index >= 15 is 0 Å². The summed E-state index contributed by atoms with van der Waals surface area (Å²) in [6.45, 7) is 4.88. The minimum absolute atomic E-state index is 0.432. The highest BCUT2D eigenvalue weighted by Crippen LogP contribution is 2.38. The van der Waals surface area contributed by atoms with E-state index in [4.69, 9.17) is 4.52 Å². The van der Waals surface area contributed by atoms with Crippen LogP contribution in [0.5, 0.6) is 0 Å². The van der Waals surface area contributed by atoms with E-state index < -0.39 is 6.67 Å². The van der Waals surface area contributed by atoms with Crippen molar-refractivity contribution in [3.8, 4) is 33.3 Å². The smallest absolute Gasteiger partial charge is 0.268 e. The van der Waals surface area contributed by atoms with Crippen LogP contribution in [0.2, 0.25) is 0 Å². The second kappa shape index (κ2) is 8.73. The van der Waals surface area contributed by atoms with Crippen molar-refractivity contribution in [2.24, 2.45) is 0 Å². The molecule has 1 fully saturated rings. The van der Waals surface area contributed by atoms with Crippen molar-refractivity contribution >= 4 is 11.3 Å². The molecule has 0 unspecified atom stereocenters. The molecule has 2 aromatic heterocycles. The molecule has 0 spiro atoms. The van der Waals surface area contributed by atoms with Crippen LogP contribution < -0.4 is 0 Å². The molecule has 4 nitrogen and oxygen atoms in total. The summed E-state index contributed by atoms with van der Waals surface area (Å²) in [7, 11) is 0. The normalized spacial score (nSPS) is 14.4. The van der Waals surface area contributed by atoms with Crippen molar-refractivity contribution in [2.45, 2.75) is 33.0 Å². The van der Waals surface area contributed by atoms with Gasteiger partial charge in [0.25, 0.3) is 5.89 Å². The molecule has 0 saturated carbocycles. The van der Waals surface area contributed by atoms with Gasteiger partial charge in [0.2, 0.25) is 5.82 Å². The molecule has 158 valence electrons. The number of hydrogen-bond donors (Lipinski definition) is 0. The standard InChI is InChI=1S/C25H24FN3OS/c1-17-19(16-29-12-5-6-13-29)10-7-11-20(17)24-27-25(30-28-24)22-14-21(23(15-26)31-22)18-8-3-2-4-9-18/h2-4,7-11,14H,5-6,12-13,15-16H2,1H3. The van der Waals surface area contributed by atoms with Gasteiger partial charge in [-0.2, -0.15) is 4.98 Å². The van der Waals surface area contributed by atoms with Crippen molar-refractivity contribution in [1.29, 1.82) is 0 Å². The van der Waals surface area contributed by atoms with E-state index in [9.17, 15) is 4.39 Å². The highest BCUT2D eigenvalue weighted by Gasteiger charge is 2.19. The molecule has 2 aromatic carbocycles. The molecular formula is C25H24FN3OS. The van der Waals surface area contributed by atoms with Crippen LogP contribution in [-0.4, -0.2) is 28.1 Å². The van der Waals surface area contributed by atoms with Gasteiger partial charge in [0.1, 0.15) is 6.67 Å². The number of alkyl halides is 1. The first-order valence-electron chi connectivity index (χ1n) is 10.6. The third-order valence-corrected chi connectivity index (χ3v) is 7.02. The molecule has 0 aliphatic carbocycles. The summed E-state index contributed by atoms with van der Waals surface area (Å²) in [5, 5.41) is 4.25. The van der Waals surface area contributed by atoms with Crippen LogP contribution in [0.3, 0.4) is 0 Å². The average molecular weight is 434 g/mol.